The molecule has 0 fully saturated rings. The van der Waals surface area contributed by atoms with Crippen LogP contribution in [0.3, 0.4) is 0 Å². The van der Waals surface area contributed by atoms with Crippen LogP contribution in [0.25, 0.3) is 0 Å². The van der Waals surface area contributed by atoms with E-state index >= 15 is 0 Å². The number of aromatic nitrogens is 3. The van der Waals surface area contributed by atoms with Crippen LogP contribution in [0.1, 0.15) is 21.9 Å². The van der Waals surface area contributed by atoms with Crippen molar-refractivity contribution in [1.29, 1.82) is 0 Å². The van der Waals surface area contributed by atoms with Gasteiger partial charge in [0, 0.05) is 12.7 Å². The van der Waals surface area contributed by atoms with Crippen LogP contribution in [0, 0.1) is 13.8 Å². The van der Waals surface area contributed by atoms with Gasteiger partial charge in [-0.2, -0.15) is 0 Å². The molecule has 3 rings (SSSR count). The lowest BCUT2D eigenvalue weighted by molar-refractivity contribution is -0.115. The summed E-state index contributed by atoms with van der Waals surface area (Å²) < 4.78 is 1.81. The van der Waals surface area contributed by atoms with Crippen LogP contribution in [0.4, 0.5) is 5.69 Å². The highest BCUT2D eigenvalue weighted by Gasteiger charge is 2.24. The molecule has 0 aliphatic rings. The summed E-state index contributed by atoms with van der Waals surface area (Å²) in [4.78, 5) is 13.0. The third-order valence-electron chi connectivity index (χ3n) is 3.72. The molecular formula is C19H20N4OS. The smallest absolute Gasteiger partial charge is 0.242 e. The number of nitrogens with zero attached hydrogens (tertiary/aromatic N) is 3. The predicted octanol–water partition coefficient (Wildman–Crippen LogP) is 3.90. The van der Waals surface area contributed by atoms with Crippen molar-refractivity contribution < 1.29 is 4.79 Å². The molecule has 0 saturated heterocycles. The number of benzene rings is 2. The molecule has 0 aliphatic carbocycles. The monoisotopic (exact) mass is 352 g/mol. The van der Waals surface area contributed by atoms with Crippen molar-refractivity contribution in [3.8, 4) is 0 Å². The first kappa shape index (κ1) is 17.2. The Morgan fingerprint density at radius 1 is 1.12 bits per heavy atom. The van der Waals surface area contributed by atoms with Gasteiger partial charge in [-0.3, -0.25) is 4.79 Å². The largest absolute Gasteiger partial charge is 0.325 e. The average molecular weight is 352 g/mol. The molecule has 0 spiro atoms. The van der Waals surface area contributed by atoms with Gasteiger partial charge in [-0.25, -0.2) is 0 Å². The Morgan fingerprint density at radius 3 is 2.40 bits per heavy atom. The fraction of sp³-hybridized carbons (Fsp3) is 0.211. The number of nitrogens with one attached hydrogen (secondary N) is 1. The van der Waals surface area contributed by atoms with Gasteiger partial charge in [0.05, 0.1) is 0 Å². The molecule has 1 atom stereocenters. The van der Waals surface area contributed by atoms with Crippen molar-refractivity contribution in [2.75, 3.05) is 5.32 Å². The Bertz CT molecular complexity index is 856. The second-order valence-corrected chi connectivity index (χ2v) is 7.07. The van der Waals surface area contributed by atoms with E-state index in [1.807, 2.05) is 67.9 Å². The fourth-order valence-electron chi connectivity index (χ4n) is 2.64. The number of carbonyl (C=O) groups excluding carboxylic acids is 1. The van der Waals surface area contributed by atoms with E-state index in [9.17, 15) is 4.79 Å². The molecule has 1 heterocycles. The van der Waals surface area contributed by atoms with Gasteiger partial charge in [0.25, 0.3) is 0 Å². The first-order chi connectivity index (χ1) is 12.0. The minimum absolute atomic E-state index is 0.0794. The Labute approximate surface area is 151 Å². The van der Waals surface area contributed by atoms with Crippen LogP contribution in [0.15, 0.2) is 60.0 Å². The number of anilines is 1. The van der Waals surface area contributed by atoms with Crippen LogP contribution in [-0.4, -0.2) is 20.7 Å². The number of amides is 1. The van der Waals surface area contributed by atoms with Crippen molar-refractivity contribution in [2.45, 2.75) is 24.3 Å². The van der Waals surface area contributed by atoms with E-state index < -0.39 is 5.25 Å². The summed E-state index contributed by atoms with van der Waals surface area (Å²) in [6.45, 7) is 4.04. The molecule has 0 radical (unpaired) electrons. The zero-order valence-electron chi connectivity index (χ0n) is 14.4. The molecule has 128 valence electrons. The third kappa shape index (κ3) is 4.28. The highest BCUT2D eigenvalue weighted by Crippen LogP contribution is 2.35. The van der Waals surface area contributed by atoms with E-state index in [-0.39, 0.29) is 5.91 Å². The van der Waals surface area contributed by atoms with Crippen LogP contribution in [0.5, 0.6) is 0 Å². The number of aryl methyl sites for hydroxylation is 3. The summed E-state index contributed by atoms with van der Waals surface area (Å²) in [6.07, 6.45) is 1.63. The lowest BCUT2D eigenvalue weighted by Gasteiger charge is -2.17. The SMILES string of the molecule is Cc1cc(C)cc(NC(=O)[C@H](Sc2nncn2C)c2ccccc2)c1. The van der Waals surface area contributed by atoms with Gasteiger partial charge in [0.15, 0.2) is 5.16 Å². The Hall–Kier alpha value is -2.60. The summed E-state index contributed by atoms with van der Waals surface area (Å²) in [5.41, 5.74) is 3.97. The van der Waals surface area contributed by atoms with Crippen molar-refractivity contribution in [3.05, 3.63) is 71.5 Å². The maximum atomic E-state index is 13.0. The van der Waals surface area contributed by atoms with Gasteiger partial charge >= 0.3 is 0 Å². The molecule has 0 bridgehead atoms. The number of hydrogen-bond donors (Lipinski definition) is 1. The van der Waals surface area contributed by atoms with Crippen LogP contribution in [0.2, 0.25) is 0 Å². The van der Waals surface area contributed by atoms with Gasteiger partial charge < -0.3 is 9.88 Å². The van der Waals surface area contributed by atoms with Gasteiger partial charge in [0.1, 0.15) is 11.6 Å². The molecule has 5 nitrogen and oxygen atoms in total. The first-order valence-electron chi connectivity index (χ1n) is 7.97. The average Bonchev–Trinajstić information content (AvgIpc) is 2.97. The Morgan fingerprint density at radius 2 is 1.80 bits per heavy atom. The summed E-state index contributed by atoms with van der Waals surface area (Å²) in [6, 6.07) is 15.7. The molecule has 0 saturated carbocycles. The van der Waals surface area contributed by atoms with Crippen molar-refractivity contribution >= 4 is 23.4 Å². The molecule has 6 heteroatoms. The topological polar surface area (TPSA) is 59.8 Å². The Kier molecular flexibility index (Phi) is 5.19. The summed E-state index contributed by atoms with van der Waals surface area (Å²) in [5, 5.41) is 11.3. The molecule has 1 amide bonds. The third-order valence-corrected chi connectivity index (χ3v) is 5.03. The first-order valence-corrected chi connectivity index (χ1v) is 8.85. The molecular weight excluding hydrogens is 332 g/mol. The van der Waals surface area contributed by atoms with Crippen molar-refractivity contribution in [3.63, 3.8) is 0 Å². The maximum absolute atomic E-state index is 13.0. The van der Waals surface area contributed by atoms with E-state index in [4.69, 9.17) is 0 Å². The maximum Gasteiger partial charge on any atom is 0.242 e. The van der Waals surface area contributed by atoms with E-state index in [1.165, 1.54) is 11.8 Å². The summed E-state index contributed by atoms with van der Waals surface area (Å²) >= 11 is 1.39. The number of hydrogen-bond acceptors (Lipinski definition) is 4. The zero-order valence-corrected chi connectivity index (χ0v) is 15.2. The van der Waals surface area contributed by atoms with Gasteiger partial charge in [0.2, 0.25) is 5.91 Å². The lowest BCUT2D eigenvalue weighted by Crippen LogP contribution is -2.19. The van der Waals surface area contributed by atoms with Gasteiger partial charge in [-0.05, 0) is 42.7 Å². The predicted molar refractivity (Wildman–Crippen MR) is 101 cm³/mol. The molecule has 0 unspecified atom stereocenters. The zero-order chi connectivity index (χ0) is 17.8. The van der Waals surface area contributed by atoms with Crippen molar-refractivity contribution in [2.24, 2.45) is 7.05 Å². The number of thioether (sulfide) groups is 1. The lowest BCUT2D eigenvalue weighted by atomic mass is 10.1. The van der Waals surface area contributed by atoms with E-state index in [1.54, 1.807) is 6.33 Å². The minimum Gasteiger partial charge on any atom is -0.325 e. The molecule has 0 aliphatic heterocycles. The molecule has 3 aromatic rings. The highest BCUT2D eigenvalue weighted by atomic mass is 32.2. The molecule has 1 aromatic heterocycles. The second kappa shape index (κ2) is 7.53. The van der Waals surface area contributed by atoms with Gasteiger partial charge in [-0.15, -0.1) is 10.2 Å². The van der Waals surface area contributed by atoms with E-state index in [2.05, 4.69) is 21.6 Å². The van der Waals surface area contributed by atoms with Crippen LogP contribution < -0.4 is 5.32 Å². The standard InChI is InChI=1S/C19H20N4OS/c1-13-9-14(2)11-16(10-13)21-18(24)17(15-7-5-4-6-8-15)25-19-22-20-12-23(19)3/h4-12,17H,1-3H3,(H,21,24)/t17-/m1/s1. The summed E-state index contributed by atoms with van der Waals surface area (Å²) in [7, 11) is 1.87. The molecule has 2 aromatic carbocycles. The van der Waals surface area contributed by atoms with E-state index in [0.29, 0.717) is 5.16 Å². The van der Waals surface area contributed by atoms with E-state index in [0.717, 1.165) is 22.4 Å². The highest BCUT2D eigenvalue weighted by molar-refractivity contribution is 8.00. The van der Waals surface area contributed by atoms with Crippen LogP contribution in [-0.2, 0) is 11.8 Å². The normalized spacial score (nSPS) is 12.0. The fourth-order valence-corrected chi connectivity index (χ4v) is 3.62. The molecule has 1 N–H and O–H groups in total. The quantitative estimate of drug-likeness (QED) is 0.708. The number of carbonyl (C=O) groups is 1. The van der Waals surface area contributed by atoms with Crippen LogP contribution >= 0.6 is 11.8 Å². The number of rotatable bonds is 5. The summed E-state index contributed by atoms with van der Waals surface area (Å²) in [5.74, 6) is -0.0794. The van der Waals surface area contributed by atoms with Gasteiger partial charge in [-0.1, -0.05) is 48.2 Å². The molecule has 25 heavy (non-hydrogen) atoms. The Balaban J connectivity index is 1.88. The minimum atomic E-state index is -0.412. The second-order valence-electron chi connectivity index (χ2n) is 6.00. The van der Waals surface area contributed by atoms with Crippen molar-refractivity contribution in [1.82, 2.24) is 14.8 Å².